The molecule has 0 saturated carbocycles. The minimum Gasteiger partial charge on any atom is -0.330 e. The summed E-state index contributed by atoms with van der Waals surface area (Å²) in [4.78, 5) is 0. The number of rotatable bonds is 7. The zero-order valence-electron chi connectivity index (χ0n) is 10.6. The fourth-order valence-corrected chi connectivity index (χ4v) is 1.74. The molecule has 0 aliphatic rings. The van der Waals surface area contributed by atoms with E-state index in [0.29, 0.717) is 11.8 Å². The maximum absolute atomic E-state index is 5.72. The summed E-state index contributed by atoms with van der Waals surface area (Å²) < 4.78 is 1.92. The second-order valence-corrected chi connectivity index (χ2v) is 4.64. The van der Waals surface area contributed by atoms with Crippen molar-refractivity contribution in [2.75, 3.05) is 19.6 Å². The first-order valence-corrected chi connectivity index (χ1v) is 6.02. The molecule has 1 aromatic heterocycles. The quantitative estimate of drug-likeness (QED) is 0.673. The number of aryl methyl sites for hydroxylation is 1. The van der Waals surface area contributed by atoms with Crippen molar-refractivity contribution >= 4 is 0 Å². The lowest BCUT2D eigenvalue weighted by atomic mass is 9.96. The van der Waals surface area contributed by atoms with Crippen LogP contribution in [0.25, 0.3) is 0 Å². The lowest BCUT2D eigenvalue weighted by molar-refractivity contribution is 0.372. The van der Waals surface area contributed by atoms with Gasteiger partial charge in [0, 0.05) is 31.9 Å². The summed E-state index contributed by atoms with van der Waals surface area (Å²) in [6, 6.07) is 2.06. The van der Waals surface area contributed by atoms with E-state index in [1.165, 1.54) is 5.69 Å². The van der Waals surface area contributed by atoms with Gasteiger partial charge in [-0.3, -0.25) is 4.68 Å². The smallest absolute Gasteiger partial charge is 0.0492 e. The average molecular weight is 224 g/mol. The number of nitrogens with two attached hydrogens (primary N) is 1. The number of aromatic nitrogens is 2. The minimum atomic E-state index is 0.575. The predicted molar refractivity (Wildman–Crippen MR) is 67.2 cm³/mol. The molecule has 4 nitrogen and oxygen atoms in total. The number of nitrogens with one attached hydrogen (secondary N) is 1. The average Bonchev–Trinajstić information content (AvgIpc) is 2.64. The Kier molecular flexibility index (Phi) is 5.49. The Labute approximate surface area is 98.2 Å². The second-order valence-electron chi connectivity index (χ2n) is 4.64. The molecule has 4 heteroatoms. The summed E-state index contributed by atoms with van der Waals surface area (Å²) in [5.74, 6) is 1.22. The Morgan fingerprint density at radius 2 is 2.25 bits per heavy atom. The van der Waals surface area contributed by atoms with Gasteiger partial charge in [-0.15, -0.1) is 0 Å². The maximum atomic E-state index is 5.72. The van der Waals surface area contributed by atoms with E-state index in [2.05, 4.69) is 30.3 Å². The second kappa shape index (κ2) is 6.66. The molecule has 0 radical (unpaired) electrons. The summed E-state index contributed by atoms with van der Waals surface area (Å²) in [5, 5.41) is 7.61. The zero-order valence-corrected chi connectivity index (χ0v) is 10.6. The Morgan fingerprint density at radius 3 is 2.75 bits per heavy atom. The monoisotopic (exact) mass is 224 g/mol. The molecule has 0 aromatic carbocycles. The molecular formula is C12H24N4. The van der Waals surface area contributed by atoms with Gasteiger partial charge in [-0.25, -0.2) is 0 Å². The van der Waals surface area contributed by atoms with Gasteiger partial charge < -0.3 is 11.1 Å². The first-order valence-electron chi connectivity index (χ1n) is 6.02. The molecule has 3 N–H and O–H groups in total. The highest BCUT2D eigenvalue weighted by molar-refractivity contribution is 5.00. The minimum absolute atomic E-state index is 0.575. The first kappa shape index (κ1) is 13.2. The fourth-order valence-electron chi connectivity index (χ4n) is 1.74. The van der Waals surface area contributed by atoms with Crippen LogP contribution in [0.4, 0.5) is 0 Å². The molecule has 0 saturated heterocycles. The van der Waals surface area contributed by atoms with Crippen molar-refractivity contribution in [2.45, 2.75) is 20.3 Å². The van der Waals surface area contributed by atoms with Crippen LogP contribution >= 0.6 is 0 Å². The van der Waals surface area contributed by atoms with E-state index in [9.17, 15) is 0 Å². The van der Waals surface area contributed by atoms with Crippen molar-refractivity contribution in [2.24, 2.45) is 24.6 Å². The molecule has 1 heterocycles. The Hall–Kier alpha value is -0.870. The lowest BCUT2D eigenvalue weighted by Gasteiger charge is -2.19. The highest BCUT2D eigenvalue weighted by Gasteiger charge is 2.10. The molecule has 1 atom stereocenters. The van der Waals surface area contributed by atoms with E-state index >= 15 is 0 Å². The third kappa shape index (κ3) is 3.94. The summed E-state index contributed by atoms with van der Waals surface area (Å²) in [7, 11) is 1.98. The van der Waals surface area contributed by atoms with Crippen molar-refractivity contribution < 1.29 is 0 Å². The fraction of sp³-hybridized carbons (Fsp3) is 0.750. The molecule has 1 unspecified atom stereocenters. The van der Waals surface area contributed by atoms with Gasteiger partial charge in [0.25, 0.3) is 0 Å². The van der Waals surface area contributed by atoms with Gasteiger partial charge in [0.1, 0.15) is 0 Å². The highest BCUT2D eigenvalue weighted by atomic mass is 15.3. The van der Waals surface area contributed by atoms with Gasteiger partial charge in [-0.05, 0) is 31.0 Å². The summed E-state index contributed by atoms with van der Waals surface area (Å²) in [6.45, 7) is 7.20. The Bertz CT molecular complexity index is 293. The molecular weight excluding hydrogens is 200 g/mol. The van der Waals surface area contributed by atoms with E-state index in [1.54, 1.807) is 0 Å². The van der Waals surface area contributed by atoms with Gasteiger partial charge in [0.15, 0.2) is 0 Å². The third-order valence-corrected chi connectivity index (χ3v) is 3.13. The predicted octanol–water partition coefficient (Wildman–Crippen LogP) is 0.783. The third-order valence-electron chi connectivity index (χ3n) is 3.13. The summed E-state index contributed by atoms with van der Waals surface area (Å²) in [6.07, 6.45) is 2.86. The van der Waals surface area contributed by atoms with Gasteiger partial charge in [-0.1, -0.05) is 13.8 Å². The van der Waals surface area contributed by atoms with Crippen molar-refractivity contribution in [1.29, 1.82) is 0 Å². The summed E-state index contributed by atoms with van der Waals surface area (Å²) in [5.41, 5.74) is 6.99. The van der Waals surface area contributed by atoms with Crippen LogP contribution in [0, 0.1) is 11.8 Å². The molecule has 0 aliphatic carbocycles. The SMILES string of the molecule is CC(C)C(CN)CNCCc1ccnn1C. The number of hydrogen-bond donors (Lipinski definition) is 2. The summed E-state index contributed by atoms with van der Waals surface area (Å²) >= 11 is 0. The normalized spacial score (nSPS) is 13.3. The van der Waals surface area contributed by atoms with Gasteiger partial charge in [-0.2, -0.15) is 5.10 Å². The number of nitrogens with zero attached hydrogens (tertiary/aromatic N) is 2. The molecule has 0 spiro atoms. The van der Waals surface area contributed by atoms with E-state index in [4.69, 9.17) is 5.73 Å². The Balaban J connectivity index is 2.19. The first-order chi connectivity index (χ1) is 7.65. The molecule has 0 amide bonds. The lowest BCUT2D eigenvalue weighted by Crippen LogP contribution is -2.32. The highest BCUT2D eigenvalue weighted by Crippen LogP contribution is 2.07. The molecule has 92 valence electrons. The van der Waals surface area contributed by atoms with Crippen LogP contribution < -0.4 is 11.1 Å². The van der Waals surface area contributed by atoms with Crippen LogP contribution in [0.3, 0.4) is 0 Å². The van der Waals surface area contributed by atoms with Crippen molar-refractivity contribution in [3.63, 3.8) is 0 Å². The molecule has 16 heavy (non-hydrogen) atoms. The van der Waals surface area contributed by atoms with E-state index in [-0.39, 0.29) is 0 Å². The maximum Gasteiger partial charge on any atom is 0.0492 e. The van der Waals surface area contributed by atoms with Crippen molar-refractivity contribution in [1.82, 2.24) is 15.1 Å². The van der Waals surface area contributed by atoms with Gasteiger partial charge in [0.2, 0.25) is 0 Å². The molecule has 0 bridgehead atoms. The van der Waals surface area contributed by atoms with Crippen LogP contribution in [0.5, 0.6) is 0 Å². The molecule has 1 rings (SSSR count). The van der Waals surface area contributed by atoms with Crippen LogP contribution in [0.2, 0.25) is 0 Å². The molecule has 1 aromatic rings. The standard InChI is InChI=1S/C12H24N4/c1-10(2)11(8-13)9-14-6-4-12-5-7-15-16(12)3/h5,7,10-11,14H,4,6,8-9,13H2,1-3H3. The largest absolute Gasteiger partial charge is 0.330 e. The van der Waals surface area contributed by atoms with Gasteiger partial charge >= 0.3 is 0 Å². The Morgan fingerprint density at radius 1 is 1.50 bits per heavy atom. The van der Waals surface area contributed by atoms with Crippen molar-refractivity contribution in [3.8, 4) is 0 Å². The van der Waals surface area contributed by atoms with E-state index < -0.39 is 0 Å². The topological polar surface area (TPSA) is 55.9 Å². The van der Waals surface area contributed by atoms with Gasteiger partial charge in [0.05, 0.1) is 0 Å². The van der Waals surface area contributed by atoms with Crippen LogP contribution in [-0.2, 0) is 13.5 Å². The molecule has 0 fully saturated rings. The van der Waals surface area contributed by atoms with Crippen LogP contribution in [0.15, 0.2) is 12.3 Å². The van der Waals surface area contributed by atoms with Crippen LogP contribution in [-0.4, -0.2) is 29.4 Å². The van der Waals surface area contributed by atoms with E-state index in [1.807, 2.05) is 17.9 Å². The van der Waals surface area contributed by atoms with Crippen molar-refractivity contribution in [3.05, 3.63) is 18.0 Å². The zero-order chi connectivity index (χ0) is 12.0. The van der Waals surface area contributed by atoms with E-state index in [0.717, 1.165) is 26.1 Å². The van der Waals surface area contributed by atoms with Crippen LogP contribution in [0.1, 0.15) is 19.5 Å². The number of hydrogen-bond acceptors (Lipinski definition) is 3. The molecule has 0 aliphatic heterocycles.